The summed E-state index contributed by atoms with van der Waals surface area (Å²) in [7, 11) is 1.58. The van der Waals surface area contributed by atoms with Gasteiger partial charge in [-0.05, 0) is 31.2 Å². The predicted octanol–water partition coefficient (Wildman–Crippen LogP) is 4.31. The second-order valence-corrected chi connectivity index (χ2v) is 7.16. The van der Waals surface area contributed by atoms with Gasteiger partial charge in [0.05, 0.1) is 24.1 Å². The molecule has 0 radical (unpaired) electrons. The molecule has 142 valence electrons. The average molecular weight is 394 g/mol. The maximum Gasteiger partial charge on any atom is 0.257 e. The summed E-state index contributed by atoms with van der Waals surface area (Å²) in [5, 5.41) is 0.677. The molecule has 0 bridgehead atoms. The molecule has 0 spiro atoms. The summed E-state index contributed by atoms with van der Waals surface area (Å²) in [5.74, 6) is 1.26. The molecule has 0 N–H and O–H groups in total. The van der Waals surface area contributed by atoms with E-state index in [0.29, 0.717) is 35.8 Å². The van der Waals surface area contributed by atoms with Crippen LogP contribution >= 0.6 is 11.6 Å². The molecule has 0 saturated carbocycles. The van der Waals surface area contributed by atoms with Crippen LogP contribution in [0, 0.1) is 6.92 Å². The fourth-order valence-corrected chi connectivity index (χ4v) is 3.68. The van der Waals surface area contributed by atoms with E-state index in [-0.39, 0.29) is 5.91 Å². The van der Waals surface area contributed by atoms with Crippen molar-refractivity contribution < 1.29 is 9.53 Å². The second-order valence-electron chi connectivity index (χ2n) is 6.73. The Labute approximate surface area is 169 Å². The van der Waals surface area contributed by atoms with Gasteiger partial charge in [-0.25, -0.2) is 9.97 Å². The van der Waals surface area contributed by atoms with E-state index in [0.717, 1.165) is 28.3 Å². The minimum absolute atomic E-state index is 0.0502. The standard InChI is InChI=1S/C22H20ClN3O2/c1-14-24-19-11-12-26(22(27)17-5-3-4-6-20(17)28-2)13-18(19)21(25-14)15-7-9-16(23)10-8-15/h3-10H,11-13H2,1-2H3. The Bertz CT molecular complexity index is 1030. The Kier molecular flexibility index (Phi) is 5.01. The number of para-hydroxylation sites is 1. The molecule has 1 aromatic heterocycles. The summed E-state index contributed by atoms with van der Waals surface area (Å²) in [6, 6.07) is 14.9. The van der Waals surface area contributed by atoms with Crippen molar-refractivity contribution in [3.63, 3.8) is 0 Å². The minimum atomic E-state index is -0.0502. The van der Waals surface area contributed by atoms with Gasteiger partial charge in [-0.1, -0.05) is 35.9 Å². The van der Waals surface area contributed by atoms with Crippen LogP contribution in [-0.4, -0.2) is 34.4 Å². The number of halogens is 1. The molecule has 0 atom stereocenters. The first-order valence-electron chi connectivity index (χ1n) is 9.11. The smallest absolute Gasteiger partial charge is 0.257 e. The largest absolute Gasteiger partial charge is 0.496 e. The monoisotopic (exact) mass is 393 g/mol. The summed E-state index contributed by atoms with van der Waals surface area (Å²) >= 11 is 6.04. The Morgan fingerprint density at radius 2 is 1.86 bits per heavy atom. The number of amides is 1. The van der Waals surface area contributed by atoms with Crippen LogP contribution in [0.25, 0.3) is 11.3 Å². The van der Waals surface area contributed by atoms with E-state index in [1.807, 2.05) is 48.2 Å². The lowest BCUT2D eigenvalue weighted by Gasteiger charge is -2.30. The normalized spacial score (nSPS) is 13.2. The third-order valence-electron chi connectivity index (χ3n) is 4.91. The fraction of sp³-hybridized carbons (Fsp3) is 0.227. The highest BCUT2D eigenvalue weighted by Crippen LogP contribution is 2.30. The first-order valence-corrected chi connectivity index (χ1v) is 9.49. The molecule has 1 aliphatic heterocycles. The topological polar surface area (TPSA) is 55.3 Å². The number of nitrogens with zero attached hydrogens (tertiary/aromatic N) is 3. The molecular formula is C22H20ClN3O2. The summed E-state index contributed by atoms with van der Waals surface area (Å²) in [5.41, 5.74) is 4.38. The van der Waals surface area contributed by atoms with Gasteiger partial charge in [0.25, 0.3) is 5.91 Å². The van der Waals surface area contributed by atoms with E-state index in [9.17, 15) is 4.79 Å². The van der Waals surface area contributed by atoms with Crippen molar-refractivity contribution in [3.8, 4) is 17.0 Å². The molecule has 1 aliphatic rings. The predicted molar refractivity (Wildman–Crippen MR) is 109 cm³/mol. The summed E-state index contributed by atoms with van der Waals surface area (Å²) in [6.07, 6.45) is 0.695. The lowest BCUT2D eigenvalue weighted by Crippen LogP contribution is -2.37. The van der Waals surface area contributed by atoms with E-state index in [2.05, 4.69) is 9.97 Å². The molecule has 3 aromatic rings. The van der Waals surface area contributed by atoms with Crippen molar-refractivity contribution in [2.24, 2.45) is 0 Å². The highest BCUT2D eigenvalue weighted by atomic mass is 35.5. The molecule has 4 rings (SSSR count). The van der Waals surface area contributed by atoms with Crippen molar-refractivity contribution in [2.75, 3.05) is 13.7 Å². The Morgan fingerprint density at radius 3 is 2.61 bits per heavy atom. The first kappa shape index (κ1) is 18.4. The molecule has 1 amide bonds. The molecule has 0 aliphatic carbocycles. The van der Waals surface area contributed by atoms with Crippen LogP contribution in [0.3, 0.4) is 0 Å². The minimum Gasteiger partial charge on any atom is -0.496 e. The number of hydrogen-bond donors (Lipinski definition) is 0. The average Bonchev–Trinajstić information content (AvgIpc) is 2.73. The van der Waals surface area contributed by atoms with Gasteiger partial charge in [0.2, 0.25) is 0 Å². The van der Waals surface area contributed by atoms with Crippen LogP contribution in [0.4, 0.5) is 0 Å². The highest BCUT2D eigenvalue weighted by molar-refractivity contribution is 6.30. The molecular weight excluding hydrogens is 374 g/mol. The number of aryl methyl sites for hydroxylation is 1. The zero-order chi connectivity index (χ0) is 19.7. The zero-order valence-electron chi connectivity index (χ0n) is 15.8. The summed E-state index contributed by atoms with van der Waals surface area (Å²) < 4.78 is 5.36. The van der Waals surface area contributed by atoms with Gasteiger partial charge in [-0.15, -0.1) is 0 Å². The highest BCUT2D eigenvalue weighted by Gasteiger charge is 2.27. The van der Waals surface area contributed by atoms with Gasteiger partial charge < -0.3 is 9.64 Å². The van der Waals surface area contributed by atoms with Crippen LogP contribution in [0.15, 0.2) is 48.5 Å². The quantitative estimate of drug-likeness (QED) is 0.665. The number of carbonyl (C=O) groups is 1. The Hall–Kier alpha value is -2.92. The SMILES string of the molecule is COc1ccccc1C(=O)N1CCc2nc(C)nc(-c3ccc(Cl)cc3)c2C1. The molecule has 0 unspecified atom stereocenters. The van der Waals surface area contributed by atoms with Gasteiger partial charge in [-0.2, -0.15) is 0 Å². The summed E-state index contributed by atoms with van der Waals surface area (Å²) in [4.78, 5) is 24.3. The van der Waals surface area contributed by atoms with Crippen LogP contribution in [0.5, 0.6) is 5.75 Å². The Balaban J connectivity index is 1.71. The lowest BCUT2D eigenvalue weighted by molar-refractivity contribution is 0.0730. The second kappa shape index (κ2) is 7.60. The van der Waals surface area contributed by atoms with Crippen LogP contribution in [0.1, 0.15) is 27.4 Å². The van der Waals surface area contributed by atoms with Gasteiger partial charge in [0.15, 0.2) is 0 Å². The van der Waals surface area contributed by atoms with Crippen molar-refractivity contribution >= 4 is 17.5 Å². The number of ether oxygens (including phenoxy) is 1. The molecule has 5 nitrogen and oxygen atoms in total. The van der Waals surface area contributed by atoms with E-state index >= 15 is 0 Å². The molecule has 0 saturated heterocycles. The molecule has 2 heterocycles. The van der Waals surface area contributed by atoms with Crippen molar-refractivity contribution in [1.82, 2.24) is 14.9 Å². The number of methoxy groups -OCH3 is 1. The Morgan fingerprint density at radius 1 is 1.11 bits per heavy atom. The molecule has 2 aromatic carbocycles. The van der Waals surface area contributed by atoms with E-state index in [1.165, 1.54) is 0 Å². The third-order valence-corrected chi connectivity index (χ3v) is 5.17. The number of carbonyl (C=O) groups excluding carboxylic acids is 1. The molecule has 28 heavy (non-hydrogen) atoms. The molecule has 6 heteroatoms. The maximum absolute atomic E-state index is 13.1. The number of benzene rings is 2. The summed E-state index contributed by atoms with van der Waals surface area (Å²) in [6.45, 7) is 2.97. The van der Waals surface area contributed by atoms with E-state index in [4.69, 9.17) is 16.3 Å². The van der Waals surface area contributed by atoms with Gasteiger partial charge >= 0.3 is 0 Å². The lowest BCUT2D eigenvalue weighted by atomic mass is 9.98. The van der Waals surface area contributed by atoms with Gasteiger partial charge in [0.1, 0.15) is 11.6 Å². The van der Waals surface area contributed by atoms with Crippen molar-refractivity contribution in [1.29, 1.82) is 0 Å². The van der Waals surface area contributed by atoms with Crippen LogP contribution in [-0.2, 0) is 13.0 Å². The van der Waals surface area contributed by atoms with E-state index in [1.54, 1.807) is 19.2 Å². The zero-order valence-corrected chi connectivity index (χ0v) is 16.5. The van der Waals surface area contributed by atoms with Gasteiger partial charge in [-0.3, -0.25) is 4.79 Å². The first-order chi connectivity index (χ1) is 13.6. The number of rotatable bonds is 3. The van der Waals surface area contributed by atoms with E-state index < -0.39 is 0 Å². The van der Waals surface area contributed by atoms with Crippen LogP contribution < -0.4 is 4.74 Å². The fourth-order valence-electron chi connectivity index (χ4n) is 3.55. The van der Waals surface area contributed by atoms with Gasteiger partial charge in [0, 0.05) is 35.7 Å². The third kappa shape index (κ3) is 3.45. The van der Waals surface area contributed by atoms with Crippen molar-refractivity contribution in [3.05, 3.63) is 76.2 Å². The number of hydrogen-bond acceptors (Lipinski definition) is 4. The van der Waals surface area contributed by atoms with Crippen LogP contribution in [0.2, 0.25) is 5.02 Å². The molecule has 0 fully saturated rings. The van der Waals surface area contributed by atoms with Crippen molar-refractivity contribution in [2.45, 2.75) is 19.9 Å². The maximum atomic E-state index is 13.1. The number of fused-ring (bicyclic) bond motifs is 1. The number of aromatic nitrogens is 2.